The molecular weight excluding hydrogens is 343 g/mol. The van der Waals surface area contributed by atoms with Gasteiger partial charge >= 0.3 is 5.69 Å². The smallest absolute Gasteiger partial charge is 0.312 e. The fourth-order valence-electron chi connectivity index (χ4n) is 1.81. The van der Waals surface area contributed by atoms with E-state index in [1.165, 1.54) is 30.3 Å². The van der Waals surface area contributed by atoms with Crippen LogP contribution in [0.25, 0.3) is 0 Å². The Morgan fingerprint density at radius 1 is 1.29 bits per heavy atom. The molecule has 21 heavy (non-hydrogen) atoms. The molecule has 0 saturated carbocycles. The lowest BCUT2D eigenvalue weighted by Gasteiger charge is -2.14. The van der Waals surface area contributed by atoms with Crippen LogP contribution >= 0.6 is 15.9 Å². The zero-order valence-corrected chi connectivity index (χ0v) is 12.6. The van der Waals surface area contributed by atoms with Crippen LogP contribution in [0.4, 0.5) is 10.1 Å². The summed E-state index contributed by atoms with van der Waals surface area (Å²) in [6.07, 6.45) is 0. The minimum atomic E-state index is -0.546. The van der Waals surface area contributed by atoms with Crippen molar-refractivity contribution in [3.63, 3.8) is 0 Å². The second kappa shape index (κ2) is 6.19. The van der Waals surface area contributed by atoms with Crippen LogP contribution in [0.1, 0.15) is 18.5 Å². The van der Waals surface area contributed by atoms with Crippen LogP contribution < -0.4 is 10.5 Å². The Morgan fingerprint density at radius 2 is 1.95 bits per heavy atom. The van der Waals surface area contributed by atoms with Crippen LogP contribution in [0.15, 0.2) is 40.9 Å². The van der Waals surface area contributed by atoms with Gasteiger partial charge in [-0.05, 0) is 37.3 Å². The Hall–Kier alpha value is -1.99. The Labute approximate surface area is 128 Å². The number of nitro groups is 1. The molecule has 0 bridgehead atoms. The van der Waals surface area contributed by atoms with E-state index >= 15 is 0 Å². The van der Waals surface area contributed by atoms with Crippen molar-refractivity contribution < 1.29 is 14.1 Å². The SMILES string of the molecule is C[C@H](N)c1cc(F)ccc1Oc1ccc(Br)cc1[N+](=O)[O-]. The molecule has 0 amide bonds. The zero-order valence-electron chi connectivity index (χ0n) is 11.0. The lowest BCUT2D eigenvalue weighted by molar-refractivity contribution is -0.385. The van der Waals surface area contributed by atoms with Gasteiger partial charge in [-0.3, -0.25) is 10.1 Å². The van der Waals surface area contributed by atoms with Crippen LogP contribution in [0, 0.1) is 15.9 Å². The van der Waals surface area contributed by atoms with Crippen LogP contribution in [0.3, 0.4) is 0 Å². The van der Waals surface area contributed by atoms with Crippen LogP contribution in [-0.4, -0.2) is 4.92 Å². The fraction of sp³-hybridized carbons (Fsp3) is 0.143. The van der Waals surface area contributed by atoms with E-state index in [1.807, 2.05) is 0 Å². The molecule has 2 aromatic rings. The zero-order chi connectivity index (χ0) is 15.6. The normalized spacial score (nSPS) is 12.0. The largest absolute Gasteiger partial charge is 0.450 e. The summed E-state index contributed by atoms with van der Waals surface area (Å²) in [5.74, 6) is -0.0894. The van der Waals surface area contributed by atoms with Crippen molar-refractivity contribution in [1.82, 2.24) is 0 Å². The molecule has 0 saturated heterocycles. The van der Waals surface area contributed by atoms with Crippen molar-refractivity contribution >= 4 is 21.6 Å². The number of nitrogens with zero attached hydrogens (tertiary/aromatic N) is 1. The molecule has 1 atom stereocenters. The van der Waals surface area contributed by atoms with Gasteiger partial charge in [0.05, 0.1) is 4.92 Å². The van der Waals surface area contributed by atoms with Crippen molar-refractivity contribution in [3.8, 4) is 11.5 Å². The maximum Gasteiger partial charge on any atom is 0.312 e. The first-order valence-electron chi connectivity index (χ1n) is 6.05. The molecule has 0 aromatic heterocycles. The molecule has 0 spiro atoms. The Morgan fingerprint density at radius 3 is 2.57 bits per heavy atom. The number of rotatable bonds is 4. The third-order valence-electron chi connectivity index (χ3n) is 2.80. The van der Waals surface area contributed by atoms with Gasteiger partial charge in [-0.2, -0.15) is 0 Å². The molecule has 0 aliphatic heterocycles. The fourth-order valence-corrected chi connectivity index (χ4v) is 2.16. The third kappa shape index (κ3) is 3.56. The standard InChI is InChI=1S/C14H12BrFN2O3/c1-8(17)11-7-10(16)3-5-13(11)21-14-4-2-9(15)6-12(14)18(19)20/h2-8H,17H2,1H3/t8-/m0/s1. The Kier molecular flexibility index (Phi) is 4.54. The number of nitrogens with two attached hydrogens (primary N) is 1. The summed E-state index contributed by atoms with van der Waals surface area (Å²) in [7, 11) is 0. The molecule has 7 heteroatoms. The quantitative estimate of drug-likeness (QED) is 0.655. The predicted octanol–water partition coefficient (Wildman–Crippen LogP) is 4.31. The van der Waals surface area contributed by atoms with E-state index in [0.717, 1.165) is 0 Å². The highest BCUT2D eigenvalue weighted by Crippen LogP contribution is 2.36. The first-order valence-corrected chi connectivity index (χ1v) is 6.84. The summed E-state index contributed by atoms with van der Waals surface area (Å²) in [5, 5.41) is 11.1. The van der Waals surface area contributed by atoms with Gasteiger partial charge in [-0.1, -0.05) is 15.9 Å². The van der Waals surface area contributed by atoms with Crippen molar-refractivity contribution in [1.29, 1.82) is 0 Å². The van der Waals surface area contributed by atoms with Gasteiger partial charge in [0.15, 0.2) is 0 Å². The monoisotopic (exact) mass is 354 g/mol. The first kappa shape index (κ1) is 15.4. The number of benzene rings is 2. The molecule has 2 aromatic carbocycles. The highest BCUT2D eigenvalue weighted by Gasteiger charge is 2.18. The van der Waals surface area contributed by atoms with Crippen molar-refractivity contribution in [3.05, 3.63) is 62.4 Å². The van der Waals surface area contributed by atoms with Crippen molar-refractivity contribution in [2.24, 2.45) is 5.73 Å². The number of hydrogen-bond donors (Lipinski definition) is 1. The molecule has 0 radical (unpaired) electrons. The molecule has 0 aliphatic rings. The minimum Gasteiger partial charge on any atom is -0.450 e. The van der Waals surface area contributed by atoms with Gasteiger partial charge in [-0.15, -0.1) is 0 Å². The van der Waals surface area contributed by atoms with Crippen LogP contribution in [0.5, 0.6) is 11.5 Å². The minimum absolute atomic E-state index is 0.0664. The topological polar surface area (TPSA) is 78.4 Å². The van der Waals surface area contributed by atoms with E-state index in [2.05, 4.69) is 15.9 Å². The van der Waals surface area contributed by atoms with Crippen molar-refractivity contribution in [2.75, 3.05) is 0 Å². The highest BCUT2D eigenvalue weighted by molar-refractivity contribution is 9.10. The second-order valence-corrected chi connectivity index (χ2v) is 5.36. The maximum absolute atomic E-state index is 13.3. The van der Waals surface area contributed by atoms with Gasteiger partial charge in [-0.25, -0.2) is 4.39 Å². The number of hydrogen-bond acceptors (Lipinski definition) is 4. The van der Waals surface area contributed by atoms with E-state index in [1.54, 1.807) is 13.0 Å². The van der Waals surface area contributed by atoms with Gasteiger partial charge < -0.3 is 10.5 Å². The van der Waals surface area contributed by atoms with Crippen LogP contribution in [0.2, 0.25) is 0 Å². The first-order chi connectivity index (χ1) is 9.88. The van der Waals surface area contributed by atoms with Gasteiger partial charge in [0.2, 0.25) is 5.75 Å². The van der Waals surface area contributed by atoms with Gasteiger partial charge in [0, 0.05) is 22.1 Å². The summed E-state index contributed by atoms with van der Waals surface area (Å²) < 4.78 is 19.4. The van der Waals surface area contributed by atoms with Crippen LogP contribution in [-0.2, 0) is 0 Å². The molecule has 0 heterocycles. The van der Waals surface area contributed by atoms with E-state index in [-0.39, 0.29) is 17.2 Å². The molecular formula is C14H12BrFN2O3. The Balaban J connectivity index is 2.46. The number of halogens is 2. The molecule has 0 unspecified atom stereocenters. The molecule has 5 nitrogen and oxygen atoms in total. The second-order valence-electron chi connectivity index (χ2n) is 4.44. The number of nitro benzene ring substituents is 1. The van der Waals surface area contributed by atoms with Gasteiger partial charge in [0.25, 0.3) is 0 Å². The summed E-state index contributed by atoms with van der Waals surface area (Å²) in [6.45, 7) is 1.68. The van der Waals surface area contributed by atoms with Crippen molar-refractivity contribution in [2.45, 2.75) is 13.0 Å². The lowest BCUT2D eigenvalue weighted by atomic mass is 10.1. The Bertz CT molecular complexity index is 692. The summed E-state index contributed by atoms with van der Waals surface area (Å²) in [4.78, 5) is 10.5. The molecule has 2 N–H and O–H groups in total. The summed E-state index contributed by atoms with van der Waals surface area (Å²) in [6, 6.07) is 7.83. The summed E-state index contributed by atoms with van der Waals surface area (Å²) >= 11 is 3.17. The van der Waals surface area contributed by atoms with E-state index < -0.39 is 16.8 Å². The lowest BCUT2D eigenvalue weighted by Crippen LogP contribution is -2.07. The molecule has 110 valence electrons. The average molecular weight is 355 g/mol. The summed E-state index contributed by atoms with van der Waals surface area (Å²) in [5.41, 5.74) is 6.02. The molecule has 2 rings (SSSR count). The predicted molar refractivity (Wildman–Crippen MR) is 79.9 cm³/mol. The van der Waals surface area contributed by atoms with E-state index in [4.69, 9.17) is 10.5 Å². The van der Waals surface area contributed by atoms with Gasteiger partial charge in [0.1, 0.15) is 11.6 Å². The maximum atomic E-state index is 13.3. The highest BCUT2D eigenvalue weighted by atomic mass is 79.9. The molecule has 0 aliphatic carbocycles. The van der Waals surface area contributed by atoms with E-state index in [0.29, 0.717) is 10.0 Å². The third-order valence-corrected chi connectivity index (χ3v) is 3.29. The molecule has 0 fully saturated rings. The van der Waals surface area contributed by atoms with E-state index in [9.17, 15) is 14.5 Å². The number of ether oxygens (including phenoxy) is 1. The average Bonchev–Trinajstić information content (AvgIpc) is 2.42.